The Kier molecular flexibility index (Phi) is 7.72. The summed E-state index contributed by atoms with van der Waals surface area (Å²) in [4.78, 5) is 12.9. The summed E-state index contributed by atoms with van der Waals surface area (Å²) < 4.78 is 57.1. The van der Waals surface area contributed by atoms with Crippen molar-refractivity contribution in [1.82, 2.24) is 9.78 Å². The molecule has 1 aromatic heterocycles. The van der Waals surface area contributed by atoms with Crippen LogP contribution in [0.2, 0.25) is 0 Å². The lowest BCUT2D eigenvalue weighted by Crippen LogP contribution is -2.24. The highest BCUT2D eigenvalue weighted by atomic mass is 19.4. The van der Waals surface area contributed by atoms with Crippen molar-refractivity contribution in [3.8, 4) is 11.4 Å². The van der Waals surface area contributed by atoms with E-state index in [1.54, 1.807) is 18.2 Å². The van der Waals surface area contributed by atoms with Gasteiger partial charge in [-0.05, 0) is 55.2 Å². The third kappa shape index (κ3) is 6.40. The molecule has 1 atom stereocenters. The van der Waals surface area contributed by atoms with Crippen LogP contribution in [0, 0.1) is 0 Å². The minimum absolute atomic E-state index is 0.0546. The molecule has 1 unspecified atom stereocenters. The first kappa shape index (κ1) is 24.7. The van der Waals surface area contributed by atoms with E-state index in [-0.39, 0.29) is 23.2 Å². The predicted octanol–water partition coefficient (Wildman–Crippen LogP) is 5.24. The van der Waals surface area contributed by atoms with Gasteiger partial charge in [-0.15, -0.1) is 0 Å². The Hall–Kier alpha value is -3.37. The van der Waals surface area contributed by atoms with E-state index in [0.717, 1.165) is 43.6 Å². The molecule has 2 heterocycles. The number of benzene rings is 2. The molecule has 1 aliphatic heterocycles. The summed E-state index contributed by atoms with van der Waals surface area (Å²) in [7, 11) is 1.36. The average molecular weight is 489 g/mol. The minimum atomic E-state index is -4.49. The number of hydrogen-bond donors (Lipinski definition) is 1. The number of anilines is 1. The lowest BCUT2D eigenvalue weighted by atomic mass is 10.1. The van der Waals surface area contributed by atoms with Crippen molar-refractivity contribution in [2.45, 2.75) is 38.1 Å². The summed E-state index contributed by atoms with van der Waals surface area (Å²) in [6, 6.07) is 11.9. The van der Waals surface area contributed by atoms with Crippen LogP contribution in [0.5, 0.6) is 5.75 Å². The zero-order valence-corrected chi connectivity index (χ0v) is 19.2. The van der Waals surface area contributed by atoms with Crippen LogP contribution in [0.25, 0.3) is 5.69 Å². The van der Waals surface area contributed by atoms with Crippen LogP contribution in [-0.2, 0) is 22.3 Å². The standard InChI is InChI=1S/C25H26F3N3O4/c1-33-22-14-31(20-9-5-7-18(13-20)25(26,27)28)30-23(22)24(32)29-19-8-4-6-17(12-19)15-34-16-21-10-2-3-11-35-21/h4-9,12-14,21H,2-3,10-11,15-16H2,1H3,(H,29,32). The number of hydrogen-bond acceptors (Lipinski definition) is 5. The molecule has 1 N–H and O–H groups in total. The number of amides is 1. The third-order valence-corrected chi connectivity index (χ3v) is 5.58. The van der Waals surface area contributed by atoms with E-state index < -0.39 is 17.6 Å². The Bertz CT molecular complexity index is 1160. The molecule has 1 fully saturated rings. The molecule has 10 heteroatoms. The van der Waals surface area contributed by atoms with E-state index in [2.05, 4.69) is 10.4 Å². The topological polar surface area (TPSA) is 74.6 Å². The third-order valence-electron chi connectivity index (χ3n) is 5.58. The summed E-state index contributed by atoms with van der Waals surface area (Å²) in [6.07, 6.45) is 0.202. The van der Waals surface area contributed by atoms with E-state index in [1.165, 1.54) is 30.1 Å². The molecule has 2 aromatic carbocycles. The highest BCUT2D eigenvalue weighted by Gasteiger charge is 2.31. The van der Waals surface area contributed by atoms with Crippen molar-refractivity contribution in [3.63, 3.8) is 0 Å². The van der Waals surface area contributed by atoms with Crippen molar-refractivity contribution in [3.05, 3.63) is 71.5 Å². The molecule has 7 nitrogen and oxygen atoms in total. The van der Waals surface area contributed by atoms with Crippen molar-refractivity contribution >= 4 is 11.6 Å². The minimum Gasteiger partial charge on any atom is -0.493 e. The smallest absolute Gasteiger partial charge is 0.416 e. The summed E-state index contributed by atoms with van der Waals surface area (Å²) in [5, 5.41) is 6.93. The summed E-state index contributed by atoms with van der Waals surface area (Å²) in [5.41, 5.74) is 0.685. The Morgan fingerprint density at radius 3 is 2.77 bits per heavy atom. The lowest BCUT2D eigenvalue weighted by molar-refractivity contribution is -0.137. The molecule has 0 radical (unpaired) electrons. The normalized spacial score (nSPS) is 16.2. The fourth-order valence-electron chi connectivity index (χ4n) is 3.80. The molecule has 1 amide bonds. The molecule has 0 saturated carbocycles. The number of halogens is 3. The summed E-state index contributed by atoms with van der Waals surface area (Å²) in [5.74, 6) is -0.423. The molecule has 0 spiro atoms. The van der Waals surface area contributed by atoms with Gasteiger partial charge in [0.2, 0.25) is 0 Å². The van der Waals surface area contributed by atoms with Crippen LogP contribution >= 0.6 is 0 Å². The molecule has 186 valence electrons. The van der Waals surface area contributed by atoms with E-state index in [9.17, 15) is 18.0 Å². The van der Waals surface area contributed by atoms with Gasteiger partial charge < -0.3 is 19.5 Å². The van der Waals surface area contributed by atoms with Gasteiger partial charge in [0, 0.05) is 12.3 Å². The van der Waals surface area contributed by atoms with Gasteiger partial charge >= 0.3 is 6.18 Å². The maximum absolute atomic E-state index is 13.1. The monoisotopic (exact) mass is 489 g/mol. The van der Waals surface area contributed by atoms with Crippen LogP contribution in [0.15, 0.2) is 54.7 Å². The van der Waals surface area contributed by atoms with Gasteiger partial charge in [-0.2, -0.15) is 18.3 Å². The maximum Gasteiger partial charge on any atom is 0.416 e. The molecule has 3 aromatic rings. The molecule has 0 bridgehead atoms. The Morgan fingerprint density at radius 1 is 1.20 bits per heavy atom. The van der Waals surface area contributed by atoms with E-state index in [4.69, 9.17) is 14.2 Å². The highest BCUT2D eigenvalue weighted by Crippen LogP contribution is 2.31. The Morgan fingerprint density at radius 2 is 2.03 bits per heavy atom. The summed E-state index contributed by atoms with van der Waals surface area (Å²) >= 11 is 0. The van der Waals surface area contributed by atoms with Crippen LogP contribution in [0.4, 0.5) is 18.9 Å². The molecule has 0 aliphatic carbocycles. The molecular weight excluding hydrogens is 463 g/mol. The van der Waals surface area contributed by atoms with Crippen molar-refractivity contribution in [2.75, 3.05) is 25.6 Å². The van der Waals surface area contributed by atoms with Crippen LogP contribution in [0.3, 0.4) is 0 Å². The number of nitrogens with zero attached hydrogens (tertiary/aromatic N) is 2. The van der Waals surface area contributed by atoms with Gasteiger partial charge in [-0.25, -0.2) is 4.68 Å². The van der Waals surface area contributed by atoms with Gasteiger partial charge in [-0.1, -0.05) is 18.2 Å². The number of carbonyl (C=O) groups is 1. The predicted molar refractivity (Wildman–Crippen MR) is 123 cm³/mol. The molecule has 1 saturated heterocycles. The first-order valence-electron chi connectivity index (χ1n) is 11.2. The quantitative estimate of drug-likeness (QED) is 0.469. The number of aromatic nitrogens is 2. The first-order valence-corrected chi connectivity index (χ1v) is 11.2. The summed E-state index contributed by atoms with van der Waals surface area (Å²) in [6.45, 7) is 1.65. The maximum atomic E-state index is 13.1. The van der Waals surface area contributed by atoms with E-state index >= 15 is 0 Å². The highest BCUT2D eigenvalue weighted by molar-refractivity contribution is 6.04. The lowest BCUT2D eigenvalue weighted by Gasteiger charge is -2.22. The first-order chi connectivity index (χ1) is 16.8. The van der Waals surface area contributed by atoms with Gasteiger partial charge in [0.25, 0.3) is 5.91 Å². The fraction of sp³-hybridized carbons (Fsp3) is 0.360. The van der Waals surface area contributed by atoms with Crippen LogP contribution in [-0.4, -0.2) is 42.1 Å². The largest absolute Gasteiger partial charge is 0.493 e. The number of methoxy groups -OCH3 is 1. The molecule has 1 aliphatic rings. The van der Waals surface area contributed by atoms with Gasteiger partial charge in [-0.3, -0.25) is 4.79 Å². The second kappa shape index (κ2) is 10.9. The SMILES string of the molecule is COc1cn(-c2cccc(C(F)(F)F)c2)nc1C(=O)Nc1cccc(COCC2CCCCO2)c1. The van der Waals surface area contributed by atoms with E-state index in [0.29, 0.717) is 18.9 Å². The van der Waals surface area contributed by atoms with Crippen LogP contribution in [0.1, 0.15) is 40.9 Å². The van der Waals surface area contributed by atoms with Gasteiger partial charge in [0.05, 0.1) is 43.9 Å². The molecule has 35 heavy (non-hydrogen) atoms. The van der Waals surface area contributed by atoms with Crippen molar-refractivity contribution < 1.29 is 32.2 Å². The van der Waals surface area contributed by atoms with Crippen LogP contribution < -0.4 is 10.1 Å². The Balaban J connectivity index is 1.43. The number of rotatable bonds is 8. The van der Waals surface area contributed by atoms with Gasteiger partial charge in [0.15, 0.2) is 11.4 Å². The zero-order valence-electron chi connectivity index (χ0n) is 19.2. The number of ether oxygens (including phenoxy) is 3. The number of alkyl halides is 3. The zero-order chi connectivity index (χ0) is 24.8. The second-order valence-corrected chi connectivity index (χ2v) is 8.20. The molecular formula is C25H26F3N3O4. The molecule has 4 rings (SSSR count). The number of nitrogens with one attached hydrogen (secondary N) is 1. The van der Waals surface area contributed by atoms with Gasteiger partial charge in [0.1, 0.15) is 0 Å². The average Bonchev–Trinajstić information content (AvgIpc) is 3.29. The Labute approximate surface area is 200 Å². The second-order valence-electron chi connectivity index (χ2n) is 8.20. The van der Waals surface area contributed by atoms with E-state index in [1.807, 2.05) is 6.07 Å². The number of carbonyl (C=O) groups excluding carboxylic acids is 1. The van der Waals surface area contributed by atoms with Crippen molar-refractivity contribution in [1.29, 1.82) is 0 Å². The fourth-order valence-corrected chi connectivity index (χ4v) is 3.80. The van der Waals surface area contributed by atoms with Crippen molar-refractivity contribution in [2.24, 2.45) is 0 Å².